The summed E-state index contributed by atoms with van der Waals surface area (Å²) in [6.45, 7) is 5.78. The molecule has 0 aliphatic carbocycles. The van der Waals surface area contributed by atoms with E-state index in [0.717, 1.165) is 12.0 Å². The van der Waals surface area contributed by atoms with Crippen LogP contribution in [0.5, 0.6) is 17.2 Å². The van der Waals surface area contributed by atoms with Crippen molar-refractivity contribution >= 4 is 17.4 Å². The third-order valence-corrected chi connectivity index (χ3v) is 5.87. The van der Waals surface area contributed by atoms with Gasteiger partial charge in [0.05, 0.1) is 24.8 Å². The number of ketones is 1. The van der Waals surface area contributed by atoms with E-state index < -0.39 is 17.7 Å². The van der Waals surface area contributed by atoms with E-state index in [1.165, 1.54) is 12.0 Å². The Labute approximate surface area is 198 Å². The summed E-state index contributed by atoms with van der Waals surface area (Å²) in [7, 11) is 1.53. The molecule has 34 heavy (non-hydrogen) atoms. The van der Waals surface area contributed by atoms with Gasteiger partial charge in [-0.05, 0) is 54.8 Å². The molecular formula is C26H29NO7. The van der Waals surface area contributed by atoms with Crippen molar-refractivity contribution < 1.29 is 33.6 Å². The van der Waals surface area contributed by atoms with Crippen molar-refractivity contribution in [1.82, 2.24) is 4.90 Å². The number of carbonyl (C=O) groups is 2. The Morgan fingerprint density at radius 1 is 1.09 bits per heavy atom. The van der Waals surface area contributed by atoms with Crippen LogP contribution < -0.4 is 14.2 Å². The lowest BCUT2D eigenvalue weighted by atomic mass is 9.94. The Hall–Kier alpha value is -3.52. The minimum atomic E-state index is -0.790. The number of aliphatic hydroxyl groups is 1. The van der Waals surface area contributed by atoms with Crippen LogP contribution in [0.4, 0.5) is 0 Å². The molecule has 8 nitrogen and oxygen atoms in total. The van der Waals surface area contributed by atoms with Gasteiger partial charge in [-0.1, -0.05) is 13.0 Å². The molecule has 0 bridgehead atoms. The number of aliphatic hydroxyl groups excluding tert-OH is 1. The maximum absolute atomic E-state index is 13.1. The highest BCUT2D eigenvalue weighted by molar-refractivity contribution is 6.46. The summed E-state index contributed by atoms with van der Waals surface area (Å²) in [5.74, 6) is 0.192. The second-order valence-corrected chi connectivity index (χ2v) is 8.22. The Morgan fingerprint density at radius 2 is 1.85 bits per heavy atom. The molecule has 0 radical (unpaired) electrons. The average Bonchev–Trinajstić information content (AvgIpc) is 3.10. The summed E-state index contributed by atoms with van der Waals surface area (Å²) in [5, 5.41) is 11.3. The molecule has 1 fully saturated rings. The molecule has 1 N–H and O–H groups in total. The van der Waals surface area contributed by atoms with E-state index in [9.17, 15) is 14.7 Å². The first-order valence-electron chi connectivity index (χ1n) is 11.4. The summed E-state index contributed by atoms with van der Waals surface area (Å²) in [6.07, 6.45) is 0.877. The van der Waals surface area contributed by atoms with Crippen LogP contribution in [0.2, 0.25) is 0 Å². The molecule has 1 unspecified atom stereocenters. The van der Waals surface area contributed by atoms with E-state index >= 15 is 0 Å². The van der Waals surface area contributed by atoms with E-state index in [1.807, 2.05) is 13.8 Å². The molecule has 2 aliphatic rings. The van der Waals surface area contributed by atoms with Gasteiger partial charge in [0.1, 0.15) is 24.7 Å². The zero-order chi connectivity index (χ0) is 24.2. The number of amides is 1. The van der Waals surface area contributed by atoms with Crippen LogP contribution in [0.1, 0.15) is 36.1 Å². The van der Waals surface area contributed by atoms with Crippen LogP contribution in [0.15, 0.2) is 42.0 Å². The molecule has 0 saturated carbocycles. The molecule has 1 atom stereocenters. The third-order valence-electron chi connectivity index (χ3n) is 5.87. The molecule has 180 valence electrons. The minimum absolute atomic E-state index is 0.0272. The number of fused-ring (bicyclic) bond motifs is 1. The lowest BCUT2D eigenvalue weighted by molar-refractivity contribution is -0.140. The van der Waals surface area contributed by atoms with Crippen LogP contribution in [-0.4, -0.2) is 61.8 Å². The highest BCUT2D eigenvalue weighted by Crippen LogP contribution is 2.42. The van der Waals surface area contributed by atoms with Gasteiger partial charge >= 0.3 is 0 Å². The summed E-state index contributed by atoms with van der Waals surface area (Å²) >= 11 is 0. The van der Waals surface area contributed by atoms with Crippen LogP contribution in [0, 0.1) is 6.92 Å². The van der Waals surface area contributed by atoms with Crippen molar-refractivity contribution in [2.75, 3.05) is 40.1 Å². The molecule has 4 rings (SSSR count). The van der Waals surface area contributed by atoms with Gasteiger partial charge in [0.2, 0.25) is 0 Å². The van der Waals surface area contributed by atoms with Crippen LogP contribution >= 0.6 is 0 Å². The maximum Gasteiger partial charge on any atom is 0.295 e. The molecule has 1 saturated heterocycles. The largest absolute Gasteiger partial charge is 0.507 e. The Balaban J connectivity index is 1.80. The van der Waals surface area contributed by atoms with Crippen molar-refractivity contribution in [3.8, 4) is 17.2 Å². The van der Waals surface area contributed by atoms with Crippen molar-refractivity contribution in [1.29, 1.82) is 0 Å². The number of methoxy groups -OCH3 is 1. The molecule has 2 aromatic rings. The molecular weight excluding hydrogens is 438 g/mol. The van der Waals surface area contributed by atoms with Crippen molar-refractivity contribution in [3.63, 3.8) is 0 Å². The van der Waals surface area contributed by atoms with Gasteiger partial charge < -0.3 is 29.0 Å². The van der Waals surface area contributed by atoms with Crippen LogP contribution in [-0.2, 0) is 14.3 Å². The zero-order valence-corrected chi connectivity index (χ0v) is 19.6. The number of Topliss-reactive ketones (excluding diaryl/α,β-unsaturated/α-hetero) is 1. The Bertz CT molecular complexity index is 1120. The SMILES string of the molecule is CCCOc1ccc(/C(O)=C2/C(=O)C(=O)N(CCOC)C2c2ccc3c(c2)OCCO3)cc1C. The Morgan fingerprint density at radius 3 is 2.56 bits per heavy atom. The van der Waals surface area contributed by atoms with E-state index in [0.29, 0.717) is 48.2 Å². The highest BCUT2D eigenvalue weighted by Gasteiger charge is 2.46. The number of likely N-dealkylation sites (tertiary alicyclic amines) is 1. The summed E-state index contributed by atoms with van der Waals surface area (Å²) in [4.78, 5) is 27.5. The fourth-order valence-corrected chi connectivity index (χ4v) is 4.20. The fourth-order valence-electron chi connectivity index (χ4n) is 4.20. The number of carbonyl (C=O) groups excluding carboxylic acids is 2. The van der Waals surface area contributed by atoms with E-state index in [-0.39, 0.29) is 24.5 Å². The lowest BCUT2D eigenvalue weighted by Crippen LogP contribution is -2.32. The molecule has 8 heteroatoms. The number of ether oxygens (including phenoxy) is 4. The molecule has 0 aromatic heterocycles. The first-order valence-corrected chi connectivity index (χ1v) is 11.4. The number of hydrogen-bond acceptors (Lipinski definition) is 7. The van der Waals surface area contributed by atoms with Gasteiger partial charge in [-0.15, -0.1) is 0 Å². The first kappa shape index (κ1) is 23.6. The third kappa shape index (κ3) is 4.46. The standard InChI is InChI=1S/C26H29NO7/c1-4-10-32-19-7-6-18(14-16(19)2)24(28)22-23(27(9-11-31-3)26(30)25(22)29)17-5-8-20-21(15-17)34-13-12-33-20/h5-8,14-15,23,28H,4,9-13H2,1-3H3/b24-22-. The molecule has 2 heterocycles. The quantitative estimate of drug-likeness (QED) is 0.360. The molecule has 2 aromatic carbocycles. The predicted octanol–water partition coefficient (Wildman–Crippen LogP) is 3.62. The fraction of sp³-hybridized carbons (Fsp3) is 0.385. The normalized spacial score (nSPS) is 18.9. The van der Waals surface area contributed by atoms with Gasteiger partial charge in [0.25, 0.3) is 11.7 Å². The topological polar surface area (TPSA) is 94.5 Å². The highest BCUT2D eigenvalue weighted by atomic mass is 16.6. The van der Waals surface area contributed by atoms with Gasteiger partial charge in [-0.3, -0.25) is 9.59 Å². The molecule has 0 spiro atoms. The second-order valence-electron chi connectivity index (χ2n) is 8.22. The van der Waals surface area contributed by atoms with Crippen molar-refractivity contribution in [3.05, 3.63) is 58.7 Å². The van der Waals surface area contributed by atoms with Crippen LogP contribution in [0.3, 0.4) is 0 Å². The van der Waals surface area contributed by atoms with Gasteiger partial charge in [-0.2, -0.15) is 0 Å². The predicted molar refractivity (Wildman–Crippen MR) is 125 cm³/mol. The van der Waals surface area contributed by atoms with E-state index in [4.69, 9.17) is 18.9 Å². The number of hydrogen-bond donors (Lipinski definition) is 1. The summed E-state index contributed by atoms with van der Waals surface area (Å²) < 4.78 is 22.2. The summed E-state index contributed by atoms with van der Waals surface area (Å²) in [6, 6.07) is 9.71. The lowest BCUT2D eigenvalue weighted by Gasteiger charge is -2.26. The number of benzene rings is 2. The number of aryl methyl sites for hydroxylation is 1. The van der Waals surface area contributed by atoms with E-state index in [1.54, 1.807) is 36.4 Å². The average molecular weight is 468 g/mol. The zero-order valence-electron chi connectivity index (χ0n) is 19.6. The monoisotopic (exact) mass is 467 g/mol. The number of rotatable bonds is 8. The minimum Gasteiger partial charge on any atom is -0.507 e. The summed E-state index contributed by atoms with van der Waals surface area (Å²) in [5.41, 5.74) is 1.93. The van der Waals surface area contributed by atoms with Gasteiger partial charge in [0, 0.05) is 19.2 Å². The van der Waals surface area contributed by atoms with Gasteiger partial charge in [-0.25, -0.2) is 0 Å². The smallest absolute Gasteiger partial charge is 0.295 e. The first-order chi connectivity index (χ1) is 16.5. The van der Waals surface area contributed by atoms with Crippen molar-refractivity contribution in [2.45, 2.75) is 26.3 Å². The van der Waals surface area contributed by atoms with Crippen molar-refractivity contribution in [2.24, 2.45) is 0 Å². The van der Waals surface area contributed by atoms with Gasteiger partial charge in [0.15, 0.2) is 11.5 Å². The van der Waals surface area contributed by atoms with E-state index in [2.05, 4.69) is 0 Å². The van der Waals surface area contributed by atoms with Crippen LogP contribution in [0.25, 0.3) is 5.76 Å². The Kier molecular flexibility index (Phi) is 7.07. The molecule has 2 aliphatic heterocycles. The maximum atomic E-state index is 13.1. The number of nitrogens with zero attached hydrogens (tertiary/aromatic N) is 1. The molecule has 1 amide bonds. The second kappa shape index (κ2) is 10.2.